The zero-order chi connectivity index (χ0) is 18.4. The van der Waals surface area contributed by atoms with Gasteiger partial charge in [-0.3, -0.25) is 4.79 Å². The van der Waals surface area contributed by atoms with Gasteiger partial charge in [0.25, 0.3) is 0 Å². The van der Waals surface area contributed by atoms with Crippen molar-refractivity contribution in [2.75, 3.05) is 17.2 Å². The summed E-state index contributed by atoms with van der Waals surface area (Å²) in [6.07, 6.45) is 0. The predicted octanol–water partition coefficient (Wildman–Crippen LogP) is 4.80. The number of nitrogens with one attached hydrogen (secondary N) is 2. The fourth-order valence-electron chi connectivity index (χ4n) is 2.38. The summed E-state index contributed by atoms with van der Waals surface area (Å²) >= 11 is 8.94. The van der Waals surface area contributed by atoms with Gasteiger partial charge >= 0.3 is 0 Å². The summed E-state index contributed by atoms with van der Waals surface area (Å²) in [4.78, 5) is 14.4. The lowest BCUT2D eigenvalue weighted by molar-refractivity contribution is -0.119. The third-order valence-corrected chi connectivity index (χ3v) is 4.67. The number of thiocarbonyl (C=S) groups is 1. The first kappa shape index (κ1) is 19.4. The lowest BCUT2D eigenvalue weighted by Gasteiger charge is -2.30. The highest BCUT2D eigenvalue weighted by Gasteiger charge is 2.22. The van der Waals surface area contributed by atoms with Crippen LogP contribution in [0.25, 0.3) is 0 Å². The first-order chi connectivity index (χ1) is 11.9. The molecule has 4 nitrogen and oxygen atoms in total. The maximum absolute atomic E-state index is 12.6. The Bertz CT molecular complexity index is 749. The molecule has 25 heavy (non-hydrogen) atoms. The van der Waals surface area contributed by atoms with Crippen LogP contribution in [0.2, 0.25) is 0 Å². The molecule has 0 spiro atoms. The molecule has 0 saturated heterocycles. The van der Waals surface area contributed by atoms with Gasteiger partial charge < -0.3 is 15.5 Å². The monoisotopic (exact) mass is 419 g/mol. The number of carbonyl (C=O) groups excluding carboxylic acids is 1. The van der Waals surface area contributed by atoms with Gasteiger partial charge in [0.2, 0.25) is 5.91 Å². The molecule has 2 rings (SSSR count). The fourth-order valence-corrected chi connectivity index (χ4v) is 3.18. The van der Waals surface area contributed by atoms with E-state index in [1.54, 1.807) is 0 Å². The molecule has 0 unspecified atom stereocenters. The molecule has 0 aliphatic heterocycles. The standard InChI is InChI=1S/C19H22BrN3OS/c1-4-23(19(25)22-17-7-5-6-15(20)12-17)14(3)18(24)21-16-10-8-13(2)9-11-16/h5-12,14H,4H2,1-3H3,(H,21,24)(H,22,25)/t14-/m1/s1. The third kappa shape index (κ3) is 5.54. The summed E-state index contributed by atoms with van der Waals surface area (Å²) in [5, 5.41) is 6.64. The van der Waals surface area contributed by atoms with Crippen molar-refractivity contribution < 1.29 is 4.79 Å². The topological polar surface area (TPSA) is 44.4 Å². The molecule has 0 saturated carbocycles. The van der Waals surface area contributed by atoms with Gasteiger partial charge in [-0.1, -0.05) is 39.7 Å². The lowest BCUT2D eigenvalue weighted by atomic mass is 10.2. The normalized spacial score (nSPS) is 11.5. The minimum absolute atomic E-state index is 0.0934. The van der Waals surface area contributed by atoms with E-state index >= 15 is 0 Å². The van der Waals surface area contributed by atoms with Crippen molar-refractivity contribution in [3.63, 3.8) is 0 Å². The predicted molar refractivity (Wildman–Crippen MR) is 112 cm³/mol. The number of halogens is 1. The van der Waals surface area contributed by atoms with Crippen LogP contribution >= 0.6 is 28.1 Å². The van der Waals surface area contributed by atoms with E-state index in [4.69, 9.17) is 12.2 Å². The zero-order valence-electron chi connectivity index (χ0n) is 14.5. The van der Waals surface area contributed by atoms with Crippen molar-refractivity contribution in [1.82, 2.24) is 4.90 Å². The maximum Gasteiger partial charge on any atom is 0.246 e. The number of carbonyl (C=O) groups is 1. The number of anilines is 2. The molecule has 0 aliphatic rings. The quantitative estimate of drug-likeness (QED) is 0.682. The highest BCUT2D eigenvalue weighted by Crippen LogP contribution is 2.17. The molecule has 2 aromatic rings. The molecule has 132 valence electrons. The molecular formula is C19H22BrN3OS. The van der Waals surface area contributed by atoms with E-state index in [1.165, 1.54) is 0 Å². The van der Waals surface area contributed by atoms with Crippen molar-refractivity contribution in [3.8, 4) is 0 Å². The Morgan fingerprint density at radius 2 is 1.84 bits per heavy atom. The largest absolute Gasteiger partial charge is 0.338 e. The van der Waals surface area contributed by atoms with Crippen LogP contribution in [0.4, 0.5) is 11.4 Å². The van der Waals surface area contributed by atoms with Crippen molar-refractivity contribution in [2.24, 2.45) is 0 Å². The molecule has 0 aliphatic carbocycles. The van der Waals surface area contributed by atoms with Gasteiger partial charge in [0, 0.05) is 22.4 Å². The molecule has 1 amide bonds. The molecule has 2 N–H and O–H groups in total. The number of likely N-dealkylation sites (N-methyl/N-ethyl adjacent to an activating group) is 1. The molecule has 1 atom stereocenters. The summed E-state index contributed by atoms with van der Waals surface area (Å²) in [7, 11) is 0. The molecule has 0 aromatic heterocycles. The number of hydrogen-bond donors (Lipinski definition) is 2. The molecular weight excluding hydrogens is 398 g/mol. The molecule has 0 radical (unpaired) electrons. The first-order valence-electron chi connectivity index (χ1n) is 8.11. The third-order valence-electron chi connectivity index (χ3n) is 3.84. The number of hydrogen-bond acceptors (Lipinski definition) is 2. The van der Waals surface area contributed by atoms with E-state index < -0.39 is 6.04 Å². The second kappa shape index (κ2) is 8.97. The van der Waals surface area contributed by atoms with Gasteiger partial charge in [-0.15, -0.1) is 0 Å². The SMILES string of the molecule is CCN(C(=S)Nc1cccc(Br)c1)[C@H](C)C(=O)Nc1ccc(C)cc1. The van der Waals surface area contributed by atoms with Gasteiger partial charge in [0.05, 0.1) is 0 Å². The van der Waals surface area contributed by atoms with Crippen LogP contribution in [0.1, 0.15) is 19.4 Å². The fraction of sp³-hybridized carbons (Fsp3) is 0.263. The Morgan fingerprint density at radius 1 is 1.16 bits per heavy atom. The van der Waals surface area contributed by atoms with Crippen molar-refractivity contribution in [2.45, 2.75) is 26.8 Å². The summed E-state index contributed by atoms with van der Waals surface area (Å²) in [6.45, 7) is 6.47. The zero-order valence-corrected chi connectivity index (χ0v) is 16.9. The molecule has 6 heteroatoms. The Kier molecular flexibility index (Phi) is 6.96. The van der Waals surface area contributed by atoms with Crippen molar-refractivity contribution in [3.05, 3.63) is 58.6 Å². The second-order valence-corrected chi connectivity index (χ2v) is 7.06. The van der Waals surface area contributed by atoms with Crippen LogP contribution in [0, 0.1) is 6.92 Å². The highest BCUT2D eigenvalue weighted by atomic mass is 79.9. The summed E-state index contributed by atoms with van der Waals surface area (Å²) < 4.78 is 0.966. The van der Waals surface area contributed by atoms with Gasteiger partial charge in [0.1, 0.15) is 6.04 Å². The van der Waals surface area contributed by atoms with E-state index in [-0.39, 0.29) is 5.91 Å². The maximum atomic E-state index is 12.6. The van der Waals surface area contributed by atoms with Gasteiger partial charge in [-0.05, 0) is 63.3 Å². The van der Waals surface area contributed by atoms with Crippen LogP contribution in [0.5, 0.6) is 0 Å². The number of aryl methyl sites for hydroxylation is 1. The Labute approximate surface area is 162 Å². The van der Waals surface area contributed by atoms with E-state index in [0.717, 1.165) is 21.4 Å². The van der Waals surface area contributed by atoms with E-state index in [9.17, 15) is 4.79 Å². The number of nitrogens with zero attached hydrogens (tertiary/aromatic N) is 1. The van der Waals surface area contributed by atoms with E-state index in [0.29, 0.717) is 11.7 Å². The highest BCUT2D eigenvalue weighted by molar-refractivity contribution is 9.10. The molecule has 0 heterocycles. The number of amides is 1. The Balaban J connectivity index is 2.03. The van der Waals surface area contributed by atoms with Crippen LogP contribution in [-0.2, 0) is 4.79 Å². The van der Waals surface area contributed by atoms with Crippen LogP contribution in [-0.4, -0.2) is 28.5 Å². The lowest BCUT2D eigenvalue weighted by Crippen LogP contribution is -2.47. The Morgan fingerprint density at radius 3 is 2.44 bits per heavy atom. The van der Waals surface area contributed by atoms with Crippen LogP contribution in [0.3, 0.4) is 0 Å². The van der Waals surface area contributed by atoms with Gasteiger partial charge in [-0.2, -0.15) is 0 Å². The van der Waals surface area contributed by atoms with Crippen LogP contribution < -0.4 is 10.6 Å². The average molecular weight is 420 g/mol. The smallest absolute Gasteiger partial charge is 0.246 e. The first-order valence-corrected chi connectivity index (χ1v) is 9.31. The van der Waals surface area contributed by atoms with E-state index in [1.807, 2.05) is 74.2 Å². The second-order valence-electron chi connectivity index (χ2n) is 5.76. The number of rotatable bonds is 5. The van der Waals surface area contributed by atoms with Crippen molar-refractivity contribution >= 4 is 50.5 Å². The number of benzene rings is 2. The molecule has 0 bridgehead atoms. The average Bonchev–Trinajstić information content (AvgIpc) is 2.57. The minimum atomic E-state index is -0.390. The Hall–Kier alpha value is -1.92. The molecule has 0 fully saturated rings. The summed E-state index contributed by atoms with van der Waals surface area (Å²) in [6, 6.07) is 15.1. The van der Waals surface area contributed by atoms with Gasteiger partial charge in [0.15, 0.2) is 5.11 Å². The van der Waals surface area contributed by atoms with Crippen LogP contribution in [0.15, 0.2) is 53.0 Å². The summed E-state index contributed by atoms with van der Waals surface area (Å²) in [5.41, 5.74) is 2.81. The summed E-state index contributed by atoms with van der Waals surface area (Å²) in [5.74, 6) is -0.0934. The van der Waals surface area contributed by atoms with Gasteiger partial charge in [-0.25, -0.2) is 0 Å². The minimum Gasteiger partial charge on any atom is -0.338 e. The van der Waals surface area contributed by atoms with Crippen molar-refractivity contribution in [1.29, 1.82) is 0 Å². The van der Waals surface area contributed by atoms with E-state index in [2.05, 4.69) is 26.6 Å². The molecule has 2 aromatic carbocycles.